The molecule has 0 aromatic rings. The highest BCUT2D eigenvalue weighted by Gasteiger charge is 2.07. The van der Waals surface area contributed by atoms with Crippen LogP contribution in [0, 0.1) is 11.8 Å². The minimum Gasteiger partial charge on any atom is -0.0654 e. The third-order valence-corrected chi connectivity index (χ3v) is 2.36. The molecule has 0 aromatic heterocycles. The Bertz CT molecular complexity index is 57.1. The van der Waals surface area contributed by atoms with Gasteiger partial charge in [-0.05, 0) is 11.8 Å². The molecule has 2 unspecified atom stereocenters. The van der Waals surface area contributed by atoms with Gasteiger partial charge in [0.05, 0.1) is 0 Å². The van der Waals surface area contributed by atoms with Gasteiger partial charge in [-0.25, -0.2) is 0 Å². The van der Waals surface area contributed by atoms with Crippen molar-refractivity contribution >= 4 is 0 Å². The molecule has 0 N–H and O–H groups in total. The Morgan fingerprint density at radius 3 is 1.89 bits per heavy atom. The third kappa shape index (κ3) is 3.56. The normalized spacial score (nSPS) is 17.3. The lowest BCUT2D eigenvalue weighted by atomic mass is 9.90. The Labute approximate surface area is 59.7 Å². The Hall–Kier alpha value is 0. The Morgan fingerprint density at radius 1 is 1.00 bits per heavy atom. The van der Waals surface area contributed by atoms with Crippen LogP contribution in [0.25, 0.3) is 0 Å². The van der Waals surface area contributed by atoms with E-state index < -0.39 is 0 Å². The van der Waals surface area contributed by atoms with Crippen molar-refractivity contribution in [1.82, 2.24) is 0 Å². The molecule has 0 radical (unpaired) electrons. The monoisotopic (exact) mass is 128 g/mol. The highest BCUT2D eigenvalue weighted by atomic mass is 14.1. The van der Waals surface area contributed by atoms with Crippen LogP contribution in [-0.4, -0.2) is 0 Å². The van der Waals surface area contributed by atoms with Crippen LogP contribution in [0.5, 0.6) is 0 Å². The van der Waals surface area contributed by atoms with E-state index in [-0.39, 0.29) is 0 Å². The molecule has 0 nitrogen and oxygen atoms in total. The lowest BCUT2D eigenvalue weighted by molar-refractivity contribution is 0.352. The van der Waals surface area contributed by atoms with Gasteiger partial charge in [-0.2, -0.15) is 0 Å². The molecule has 0 spiro atoms. The fraction of sp³-hybridized carbons (Fsp3) is 1.00. The average molecular weight is 128 g/mol. The molecule has 9 heavy (non-hydrogen) atoms. The van der Waals surface area contributed by atoms with Crippen molar-refractivity contribution in [1.29, 1.82) is 0 Å². The van der Waals surface area contributed by atoms with Crippen LogP contribution in [0.4, 0.5) is 0 Å². The predicted octanol–water partition coefficient (Wildman–Crippen LogP) is 3.47. The van der Waals surface area contributed by atoms with Crippen LogP contribution < -0.4 is 0 Å². The molecule has 0 aromatic carbocycles. The first-order valence-corrected chi connectivity index (χ1v) is 4.22. The van der Waals surface area contributed by atoms with E-state index in [2.05, 4.69) is 27.7 Å². The van der Waals surface area contributed by atoms with Crippen LogP contribution >= 0.6 is 0 Å². The van der Waals surface area contributed by atoms with E-state index in [0.717, 1.165) is 11.8 Å². The first-order chi connectivity index (χ1) is 4.22. The minimum atomic E-state index is 0.921. The fourth-order valence-electron chi connectivity index (χ4n) is 1.14. The average Bonchev–Trinajstić information content (AvgIpc) is 1.87. The third-order valence-electron chi connectivity index (χ3n) is 2.36. The van der Waals surface area contributed by atoms with Crippen molar-refractivity contribution < 1.29 is 0 Å². The molecule has 0 aliphatic heterocycles. The molecule has 56 valence electrons. The van der Waals surface area contributed by atoms with Gasteiger partial charge in [0.15, 0.2) is 0 Å². The van der Waals surface area contributed by atoms with E-state index in [9.17, 15) is 0 Å². The molecule has 0 amide bonds. The maximum Gasteiger partial charge on any atom is -0.0417 e. The Balaban J connectivity index is 3.32. The molecule has 0 heteroatoms. The van der Waals surface area contributed by atoms with Crippen molar-refractivity contribution in [3.8, 4) is 0 Å². The molecule has 0 rings (SSSR count). The molecular formula is C9H20. The van der Waals surface area contributed by atoms with E-state index in [1.165, 1.54) is 19.3 Å². The van der Waals surface area contributed by atoms with Gasteiger partial charge < -0.3 is 0 Å². The maximum atomic E-state index is 2.36. The summed E-state index contributed by atoms with van der Waals surface area (Å²) in [7, 11) is 0. The van der Waals surface area contributed by atoms with Gasteiger partial charge >= 0.3 is 0 Å². The molecule has 2 atom stereocenters. The van der Waals surface area contributed by atoms with E-state index in [1.54, 1.807) is 0 Å². The van der Waals surface area contributed by atoms with Crippen LogP contribution in [0.15, 0.2) is 0 Å². The lowest BCUT2D eigenvalue weighted by Crippen LogP contribution is -2.05. The molecule has 0 aliphatic carbocycles. The highest BCUT2D eigenvalue weighted by molar-refractivity contribution is 4.58. The van der Waals surface area contributed by atoms with Gasteiger partial charge in [-0.15, -0.1) is 0 Å². The van der Waals surface area contributed by atoms with E-state index in [0.29, 0.717) is 0 Å². The van der Waals surface area contributed by atoms with Gasteiger partial charge in [0.1, 0.15) is 0 Å². The second kappa shape index (κ2) is 4.84. The standard InChI is InChI=1S/C9H20/c1-5-7-9(4)8(3)6-2/h8-9H,5-7H2,1-4H3. The second-order valence-electron chi connectivity index (χ2n) is 3.15. The van der Waals surface area contributed by atoms with Crippen LogP contribution in [0.2, 0.25) is 0 Å². The summed E-state index contributed by atoms with van der Waals surface area (Å²) in [4.78, 5) is 0. The van der Waals surface area contributed by atoms with Crippen molar-refractivity contribution in [2.45, 2.75) is 47.0 Å². The van der Waals surface area contributed by atoms with Gasteiger partial charge in [-0.3, -0.25) is 0 Å². The first-order valence-electron chi connectivity index (χ1n) is 4.22. The summed E-state index contributed by atoms with van der Waals surface area (Å²) < 4.78 is 0. The molecule has 0 saturated carbocycles. The zero-order chi connectivity index (χ0) is 7.28. The molecule has 0 heterocycles. The number of rotatable bonds is 4. The molecular weight excluding hydrogens is 108 g/mol. The van der Waals surface area contributed by atoms with Gasteiger partial charge in [0, 0.05) is 0 Å². The SMILES string of the molecule is CCCC(C)C(C)CC. The topological polar surface area (TPSA) is 0 Å². The zero-order valence-electron chi connectivity index (χ0n) is 7.28. The quantitative estimate of drug-likeness (QED) is 0.544. The maximum absolute atomic E-state index is 2.36. The summed E-state index contributed by atoms with van der Waals surface area (Å²) in [5.41, 5.74) is 0. The molecule has 0 aliphatic rings. The van der Waals surface area contributed by atoms with Crippen molar-refractivity contribution in [3.05, 3.63) is 0 Å². The van der Waals surface area contributed by atoms with Crippen LogP contribution in [0.3, 0.4) is 0 Å². The van der Waals surface area contributed by atoms with Gasteiger partial charge in [-0.1, -0.05) is 47.0 Å². The first kappa shape index (κ1) is 9.00. The predicted molar refractivity (Wildman–Crippen MR) is 43.5 cm³/mol. The minimum absolute atomic E-state index is 0.921. The van der Waals surface area contributed by atoms with E-state index >= 15 is 0 Å². The van der Waals surface area contributed by atoms with Crippen LogP contribution in [0.1, 0.15) is 47.0 Å². The van der Waals surface area contributed by atoms with Crippen LogP contribution in [-0.2, 0) is 0 Å². The largest absolute Gasteiger partial charge is 0.0654 e. The smallest absolute Gasteiger partial charge is 0.0417 e. The Kier molecular flexibility index (Phi) is 4.84. The molecule has 0 bridgehead atoms. The van der Waals surface area contributed by atoms with Crippen molar-refractivity contribution in [2.24, 2.45) is 11.8 Å². The van der Waals surface area contributed by atoms with Gasteiger partial charge in [0.2, 0.25) is 0 Å². The summed E-state index contributed by atoms with van der Waals surface area (Å²) in [6, 6.07) is 0. The van der Waals surface area contributed by atoms with E-state index in [1.807, 2.05) is 0 Å². The summed E-state index contributed by atoms with van der Waals surface area (Å²) in [5, 5.41) is 0. The van der Waals surface area contributed by atoms with Crippen molar-refractivity contribution in [3.63, 3.8) is 0 Å². The summed E-state index contributed by atoms with van der Waals surface area (Å²) in [6.45, 7) is 9.24. The Morgan fingerprint density at radius 2 is 1.56 bits per heavy atom. The molecule has 0 fully saturated rings. The highest BCUT2D eigenvalue weighted by Crippen LogP contribution is 2.18. The fourth-order valence-corrected chi connectivity index (χ4v) is 1.14. The summed E-state index contributed by atoms with van der Waals surface area (Å²) in [6.07, 6.45) is 4.07. The lowest BCUT2D eigenvalue weighted by Gasteiger charge is -2.16. The second-order valence-corrected chi connectivity index (χ2v) is 3.15. The molecule has 0 saturated heterocycles. The van der Waals surface area contributed by atoms with E-state index in [4.69, 9.17) is 0 Å². The zero-order valence-corrected chi connectivity index (χ0v) is 7.28. The number of hydrogen-bond acceptors (Lipinski definition) is 0. The van der Waals surface area contributed by atoms with Gasteiger partial charge in [0.25, 0.3) is 0 Å². The number of hydrogen-bond donors (Lipinski definition) is 0. The van der Waals surface area contributed by atoms with Crippen molar-refractivity contribution in [2.75, 3.05) is 0 Å². The summed E-state index contributed by atoms with van der Waals surface area (Å²) in [5.74, 6) is 1.85. The summed E-state index contributed by atoms with van der Waals surface area (Å²) >= 11 is 0.